The summed E-state index contributed by atoms with van der Waals surface area (Å²) in [5, 5.41) is 4.41. The summed E-state index contributed by atoms with van der Waals surface area (Å²) in [6.07, 6.45) is 9.99. The number of hydrogen-bond donors (Lipinski definition) is 3. The summed E-state index contributed by atoms with van der Waals surface area (Å²) in [4.78, 5) is 18.0. The number of phosphoric ester groups is 1. The van der Waals surface area contributed by atoms with E-state index in [-0.39, 0.29) is 125 Å². The molecule has 34 heavy (non-hydrogen) atoms. The van der Waals surface area contributed by atoms with E-state index in [9.17, 15) is 4.57 Å². The summed E-state index contributed by atoms with van der Waals surface area (Å²) in [6, 6.07) is 6.55. The molecule has 4 N–H and O–H groups in total. The van der Waals surface area contributed by atoms with Gasteiger partial charge in [-0.3, -0.25) is 4.52 Å². The number of nitrogens with two attached hydrogens (primary N) is 1. The smallest absolute Gasteiger partial charge is 0.577 e. The average Bonchev–Trinajstić information content (AvgIpc) is 3.33. The van der Waals surface area contributed by atoms with Crippen LogP contribution in [0.2, 0.25) is 0 Å². The molecule has 4 rings (SSSR count). The number of aromatic nitrogens is 1. The van der Waals surface area contributed by atoms with Crippen LogP contribution >= 0.6 is 17.7 Å². The molecule has 1 fully saturated rings. The maximum Gasteiger partial charge on any atom is 1.00 e. The molecule has 2 unspecified atom stereocenters. The maximum absolute atomic E-state index is 11.0. The summed E-state index contributed by atoms with van der Waals surface area (Å²) in [5.74, 6) is 1.32. The number of unbranched alkanes of at least 4 members (excludes halogenated alkanes) is 3. The summed E-state index contributed by atoms with van der Waals surface area (Å²) < 4.78 is 21.5. The Morgan fingerprint density at radius 2 is 2.00 bits per heavy atom. The first-order chi connectivity index (χ1) is 14.8. The fourth-order valence-corrected chi connectivity index (χ4v) is 5.50. The third-order valence-electron chi connectivity index (χ3n) is 6.79. The molecule has 0 amide bonds. The number of fused-ring (bicyclic) bond motifs is 3. The van der Waals surface area contributed by atoms with E-state index in [1.165, 1.54) is 36.0 Å². The first-order valence-electron chi connectivity index (χ1n) is 11.4. The molecule has 2 atom stereocenters. The van der Waals surface area contributed by atoms with Crippen molar-refractivity contribution >= 4 is 17.7 Å². The average molecular weight is 560 g/mol. The molecule has 0 aliphatic heterocycles. The van der Waals surface area contributed by atoms with E-state index < -0.39 is 13.4 Å². The van der Waals surface area contributed by atoms with Crippen molar-refractivity contribution in [2.75, 3.05) is 6.61 Å². The molecule has 2 aromatic rings. The van der Waals surface area contributed by atoms with Gasteiger partial charge in [0, 0.05) is 23.1 Å². The van der Waals surface area contributed by atoms with Gasteiger partial charge in [-0.1, -0.05) is 49.5 Å². The van der Waals surface area contributed by atoms with Gasteiger partial charge in [0.2, 0.25) is 0 Å². The minimum atomic E-state index is -4.50. The van der Waals surface area contributed by atoms with Gasteiger partial charge in [-0.2, -0.15) is 0 Å². The van der Waals surface area contributed by atoms with Crippen molar-refractivity contribution in [2.45, 2.75) is 82.6 Å². The molecular formula is C23H35K2N2O5P2+. The van der Waals surface area contributed by atoms with Crippen molar-refractivity contribution in [1.82, 2.24) is 5.16 Å². The van der Waals surface area contributed by atoms with Gasteiger partial charge in [0.1, 0.15) is 11.5 Å². The number of benzene rings is 1. The van der Waals surface area contributed by atoms with E-state index in [0.717, 1.165) is 49.1 Å². The fourth-order valence-electron chi connectivity index (χ4n) is 5.07. The van der Waals surface area contributed by atoms with Crippen molar-refractivity contribution in [1.29, 1.82) is 0 Å². The molecule has 7 nitrogen and oxygen atoms in total. The van der Waals surface area contributed by atoms with Gasteiger partial charge in [-0.05, 0) is 55.6 Å². The molecule has 0 spiro atoms. The first kappa shape index (κ1) is 34.2. The normalized spacial score (nSPS) is 21.0. The molecule has 1 aromatic carbocycles. The van der Waals surface area contributed by atoms with Crippen LogP contribution in [0.15, 0.2) is 22.7 Å². The Kier molecular flexibility index (Phi) is 15.2. The standard InChI is InChI=1S/C23H33N2O5P.2K.H2P/c1-2-3-4-5-6-21-20-10-8-17-13-16(7-9-19(17)22(20)25-30-21)18-11-12-23(24,14-18)15-29-31(26,27)28;;;/h7,9,13,18H,2-6,8,10-12,14-15,24H2,1H3,(H2,26,27,28);;;1H2/q;2*+1;-1. The largest absolute Gasteiger partial charge is 1.00 e. The zero-order valence-corrected chi connectivity index (χ0v) is 29.1. The van der Waals surface area contributed by atoms with Crippen molar-refractivity contribution in [2.24, 2.45) is 5.73 Å². The second kappa shape index (κ2) is 15.1. The summed E-state index contributed by atoms with van der Waals surface area (Å²) in [7, 11) is -4.50. The molecule has 11 heteroatoms. The number of phosphoric acid groups is 1. The predicted molar refractivity (Wildman–Crippen MR) is 128 cm³/mol. The Bertz CT molecular complexity index is 984. The Labute approximate surface area is 291 Å². The van der Waals surface area contributed by atoms with Crippen LogP contribution in [0.1, 0.15) is 80.2 Å². The van der Waals surface area contributed by atoms with E-state index in [4.69, 9.17) is 24.6 Å². The Morgan fingerprint density at radius 3 is 2.71 bits per heavy atom. The van der Waals surface area contributed by atoms with Gasteiger partial charge in [0.15, 0.2) is 0 Å². The number of hydrogen-bond acceptors (Lipinski definition) is 5. The van der Waals surface area contributed by atoms with Gasteiger partial charge in [-0.25, -0.2) is 4.57 Å². The van der Waals surface area contributed by atoms with Crippen LogP contribution in [0.5, 0.6) is 0 Å². The van der Waals surface area contributed by atoms with E-state index in [2.05, 4.69) is 30.3 Å². The Morgan fingerprint density at radius 1 is 1.24 bits per heavy atom. The van der Waals surface area contributed by atoms with Crippen molar-refractivity contribution in [3.05, 3.63) is 40.6 Å². The van der Waals surface area contributed by atoms with E-state index in [1.54, 1.807) is 0 Å². The zero-order valence-electron chi connectivity index (χ0n) is 20.8. The quantitative estimate of drug-likeness (QED) is 0.204. The number of nitrogens with zero attached hydrogens (tertiary/aromatic N) is 1. The molecule has 1 saturated carbocycles. The van der Waals surface area contributed by atoms with E-state index >= 15 is 0 Å². The third-order valence-corrected chi connectivity index (χ3v) is 7.26. The summed E-state index contributed by atoms with van der Waals surface area (Å²) in [6.45, 7) is 2.10. The van der Waals surface area contributed by atoms with Crippen molar-refractivity contribution < 1.29 is 126 Å². The monoisotopic (exact) mass is 559 g/mol. The Hall–Kier alpha value is 2.20. The number of aryl methyl sites for hydroxylation is 2. The fraction of sp³-hybridized carbons (Fsp3) is 0.609. The summed E-state index contributed by atoms with van der Waals surface area (Å²) >= 11 is 0. The van der Waals surface area contributed by atoms with Crippen LogP contribution in [-0.4, -0.2) is 27.1 Å². The molecule has 2 aliphatic carbocycles. The van der Waals surface area contributed by atoms with Gasteiger partial charge in [0.25, 0.3) is 0 Å². The zero-order chi connectivity index (χ0) is 22.1. The van der Waals surface area contributed by atoms with Gasteiger partial charge >= 0.3 is 111 Å². The van der Waals surface area contributed by atoms with Gasteiger partial charge in [-0.15, -0.1) is 0 Å². The molecule has 0 saturated heterocycles. The second-order valence-electron chi connectivity index (χ2n) is 9.23. The SMILES string of the molecule is CCCCCCc1onc2c1CCc1cc(C3CCC(N)(COP(=O)(O)O)C3)ccc1-2.[K+].[K+].[PH2-]. The summed E-state index contributed by atoms with van der Waals surface area (Å²) in [5.41, 5.74) is 11.6. The van der Waals surface area contributed by atoms with Crippen LogP contribution in [0.4, 0.5) is 0 Å². The minimum Gasteiger partial charge on any atom is -0.577 e. The first-order valence-corrected chi connectivity index (χ1v) is 12.9. The molecule has 0 bridgehead atoms. The van der Waals surface area contributed by atoms with Crippen LogP contribution in [0, 0.1) is 0 Å². The van der Waals surface area contributed by atoms with Crippen LogP contribution < -0.4 is 109 Å². The molecule has 0 radical (unpaired) electrons. The molecule has 2 aliphatic rings. The van der Waals surface area contributed by atoms with E-state index in [1.807, 2.05) is 0 Å². The molecule has 178 valence electrons. The van der Waals surface area contributed by atoms with Crippen LogP contribution in [-0.2, 0) is 28.4 Å². The molecule has 1 heterocycles. The van der Waals surface area contributed by atoms with Crippen LogP contribution in [0.25, 0.3) is 11.3 Å². The minimum absolute atomic E-state index is 0. The van der Waals surface area contributed by atoms with Gasteiger partial charge < -0.3 is 29.9 Å². The van der Waals surface area contributed by atoms with Gasteiger partial charge in [0.05, 0.1) is 6.61 Å². The van der Waals surface area contributed by atoms with Crippen molar-refractivity contribution in [3.63, 3.8) is 0 Å². The second-order valence-corrected chi connectivity index (χ2v) is 10.5. The van der Waals surface area contributed by atoms with Crippen LogP contribution in [0.3, 0.4) is 0 Å². The molecule has 1 aromatic heterocycles. The predicted octanol–water partition coefficient (Wildman–Crippen LogP) is -1.03. The topological polar surface area (TPSA) is 119 Å². The Balaban J connectivity index is 0.00000193. The molecular weight excluding hydrogens is 524 g/mol. The number of rotatable bonds is 9. The maximum atomic E-state index is 11.0. The third kappa shape index (κ3) is 8.87. The van der Waals surface area contributed by atoms with E-state index in [0.29, 0.717) is 12.8 Å². The van der Waals surface area contributed by atoms with Crippen molar-refractivity contribution in [3.8, 4) is 11.3 Å².